The van der Waals surface area contributed by atoms with Gasteiger partial charge in [-0.15, -0.1) is 0 Å². The van der Waals surface area contributed by atoms with Crippen LogP contribution in [0.1, 0.15) is 17.5 Å². The molecule has 2 amide bonds. The number of aliphatic hydroxyl groups is 1. The molecule has 8 nitrogen and oxygen atoms in total. The summed E-state index contributed by atoms with van der Waals surface area (Å²) in [7, 11) is 3.33. The van der Waals surface area contributed by atoms with Gasteiger partial charge >= 0.3 is 0 Å². The van der Waals surface area contributed by atoms with Gasteiger partial charge in [0.05, 0.1) is 12.1 Å². The zero-order valence-corrected chi connectivity index (χ0v) is 17.8. The lowest BCUT2D eigenvalue weighted by Crippen LogP contribution is -2.57. The number of rotatable bonds is 3. The van der Waals surface area contributed by atoms with E-state index in [1.807, 2.05) is 0 Å². The van der Waals surface area contributed by atoms with Crippen molar-refractivity contribution >= 4 is 29.1 Å². The SMILES string of the molecule is CN(C)C(=O)[C@@H]1C[C@@H](O)CN1C1(c2cccc3c2OCO3)C(=O)Nc2cc(Cl)ccc21. The third-order valence-corrected chi connectivity index (χ3v) is 6.41. The van der Waals surface area contributed by atoms with Gasteiger partial charge in [-0.25, -0.2) is 0 Å². The Kier molecular flexibility index (Phi) is 4.62. The van der Waals surface area contributed by atoms with E-state index in [1.165, 1.54) is 4.90 Å². The number of fused-ring (bicyclic) bond motifs is 2. The summed E-state index contributed by atoms with van der Waals surface area (Å²) in [5.74, 6) is 0.468. The molecule has 3 aliphatic rings. The van der Waals surface area contributed by atoms with E-state index >= 15 is 0 Å². The lowest BCUT2D eigenvalue weighted by Gasteiger charge is -2.41. The minimum atomic E-state index is -1.40. The fourth-order valence-electron chi connectivity index (χ4n) is 4.91. The van der Waals surface area contributed by atoms with Crippen LogP contribution in [0.2, 0.25) is 5.02 Å². The molecule has 2 aromatic rings. The number of aliphatic hydroxyl groups excluding tert-OH is 1. The third kappa shape index (κ3) is 2.82. The molecule has 0 radical (unpaired) electrons. The number of likely N-dealkylation sites (tertiary alicyclic amines) is 1. The molecule has 1 unspecified atom stereocenters. The average Bonchev–Trinajstić information content (AvgIpc) is 3.42. The predicted molar refractivity (Wildman–Crippen MR) is 113 cm³/mol. The molecule has 3 aliphatic heterocycles. The number of nitrogens with one attached hydrogen (secondary N) is 1. The van der Waals surface area contributed by atoms with E-state index in [0.717, 1.165) is 0 Å². The molecule has 1 fully saturated rings. The first-order chi connectivity index (χ1) is 14.8. The van der Waals surface area contributed by atoms with Crippen LogP contribution in [-0.2, 0) is 15.1 Å². The molecule has 2 N–H and O–H groups in total. The summed E-state index contributed by atoms with van der Waals surface area (Å²) in [6.07, 6.45) is -0.537. The molecule has 31 heavy (non-hydrogen) atoms. The minimum absolute atomic E-state index is 0.0419. The second kappa shape index (κ2) is 7.12. The molecular weight excluding hydrogens is 422 g/mol. The Morgan fingerprint density at radius 3 is 2.84 bits per heavy atom. The maximum absolute atomic E-state index is 13.8. The van der Waals surface area contributed by atoms with E-state index in [0.29, 0.717) is 33.3 Å². The number of ether oxygens (including phenoxy) is 2. The first kappa shape index (κ1) is 20.1. The predicted octanol–water partition coefficient (Wildman–Crippen LogP) is 1.79. The van der Waals surface area contributed by atoms with Gasteiger partial charge in [-0.1, -0.05) is 29.8 Å². The van der Waals surface area contributed by atoms with Crippen molar-refractivity contribution < 1.29 is 24.2 Å². The van der Waals surface area contributed by atoms with Gasteiger partial charge in [0.25, 0.3) is 5.91 Å². The summed E-state index contributed by atoms with van der Waals surface area (Å²) in [4.78, 5) is 30.2. The van der Waals surface area contributed by atoms with Crippen LogP contribution in [0.5, 0.6) is 11.5 Å². The van der Waals surface area contributed by atoms with E-state index in [4.69, 9.17) is 21.1 Å². The zero-order valence-electron chi connectivity index (χ0n) is 17.1. The van der Waals surface area contributed by atoms with Gasteiger partial charge in [0, 0.05) is 42.5 Å². The number of nitrogens with zero attached hydrogens (tertiary/aromatic N) is 2. The van der Waals surface area contributed by atoms with Crippen LogP contribution in [0, 0.1) is 0 Å². The molecule has 3 atom stereocenters. The monoisotopic (exact) mass is 443 g/mol. The van der Waals surface area contributed by atoms with Crippen LogP contribution < -0.4 is 14.8 Å². The Labute approximate surface area is 184 Å². The van der Waals surface area contributed by atoms with Crippen LogP contribution in [0.3, 0.4) is 0 Å². The molecule has 9 heteroatoms. The average molecular weight is 444 g/mol. The van der Waals surface area contributed by atoms with Crippen molar-refractivity contribution in [3.05, 3.63) is 52.5 Å². The largest absolute Gasteiger partial charge is 0.454 e. The van der Waals surface area contributed by atoms with Crippen LogP contribution in [0.4, 0.5) is 5.69 Å². The highest BCUT2D eigenvalue weighted by molar-refractivity contribution is 6.31. The number of anilines is 1. The van der Waals surface area contributed by atoms with Gasteiger partial charge in [0.2, 0.25) is 12.7 Å². The smallest absolute Gasteiger partial charge is 0.254 e. The molecule has 0 spiro atoms. The first-order valence-corrected chi connectivity index (χ1v) is 10.4. The summed E-state index contributed by atoms with van der Waals surface area (Å²) < 4.78 is 11.3. The van der Waals surface area contributed by atoms with Gasteiger partial charge < -0.3 is 24.8 Å². The highest BCUT2D eigenvalue weighted by atomic mass is 35.5. The Morgan fingerprint density at radius 2 is 2.06 bits per heavy atom. The van der Waals surface area contributed by atoms with Gasteiger partial charge in [-0.05, 0) is 24.6 Å². The molecule has 3 heterocycles. The van der Waals surface area contributed by atoms with Gasteiger partial charge in [-0.2, -0.15) is 0 Å². The normalized spacial score (nSPS) is 26.6. The van der Waals surface area contributed by atoms with Crippen molar-refractivity contribution in [1.29, 1.82) is 0 Å². The summed E-state index contributed by atoms with van der Waals surface area (Å²) in [6, 6.07) is 9.86. The minimum Gasteiger partial charge on any atom is -0.454 e. The zero-order chi connectivity index (χ0) is 21.9. The van der Waals surface area contributed by atoms with Gasteiger partial charge in [0.15, 0.2) is 17.0 Å². The van der Waals surface area contributed by atoms with Crippen molar-refractivity contribution in [2.45, 2.75) is 24.1 Å². The van der Waals surface area contributed by atoms with E-state index in [-0.39, 0.29) is 31.6 Å². The Hall–Kier alpha value is -2.81. The Morgan fingerprint density at radius 1 is 1.26 bits per heavy atom. The molecule has 0 aliphatic carbocycles. The number of hydrogen-bond acceptors (Lipinski definition) is 6. The second-order valence-electron chi connectivity index (χ2n) is 8.18. The van der Waals surface area contributed by atoms with Crippen molar-refractivity contribution in [2.24, 2.45) is 0 Å². The highest BCUT2D eigenvalue weighted by Gasteiger charge is 2.59. The summed E-state index contributed by atoms with van der Waals surface area (Å²) in [5.41, 5.74) is 0.377. The highest BCUT2D eigenvalue weighted by Crippen LogP contribution is 2.53. The van der Waals surface area contributed by atoms with Crippen LogP contribution in [0.25, 0.3) is 0 Å². The van der Waals surface area contributed by atoms with Gasteiger partial charge in [0.1, 0.15) is 0 Å². The lowest BCUT2D eigenvalue weighted by atomic mass is 9.80. The van der Waals surface area contributed by atoms with E-state index in [2.05, 4.69) is 5.32 Å². The quantitative estimate of drug-likeness (QED) is 0.751. The number of amides is 2. The fraction of sp³-hybridized carbons (Fsp3) is 0.364. The summed E-state index contributed by atoms with van der Waals surface area (Å²) in [6.45, 7) is 0.185. The third-order valence-electron chi connectivity index (χ3n) is 6.17. The number of carbonyl (C=O) groups excluding carboxylic acids is 2. The molecule has 162 valence electrons. The molecular formula is C22H22ClN3O5. The van der Waals surface area contributed by atoms with Crippen LogP contribution >= 0.6 is 11.6 Å². The molecule has 2 aromatic carbocycles. The summed E-state index contributed by atoms with van der Waals surface area (Å²) in [5, 5.41) is 14.0. The van der Waals surface area contributed by atoms with Crippen molar-refractivity contribution in [3.8, 4) is 11.5 Å². The van der Waals surface area contributed by atoms with Crippen molar-refractivity contribution in [1.82, 2.24) is 9.80 Å². The summed E-state index contributed by atoms with van der Waals surface area (Å²) >= 11 is 6.20. The van der Waals surface area contributed by atoms with Gasteiger partial charge in [-0.3, -0.25) is 14.5 Å². The molecule has 5 rings (SSSR count). The molecule has 0 saturated carbocycles. The van der Waals surface area contributed by atoms with Crippen LogP contribution in [0.15, 0.2) is 36.4 Å². The molecule has 0 bridgehead atoms. The Balaban J connectivity index is 1.79. The standard InChI is InChI=1S/C22H22ClN3O5/c1-25(2)20(28)17-9-13(27)10-26(17)22(15-4-3-5-18-19(15)31-11-30-18)14-7-6-12(23)8-16(14)24-21(22)29/h3-8,13,17,27H,9-11H2,1-2H3,(H,24,29)/t13-,17+,22?/m1/s1. The van der Waals surface area contributed by atoms with E-state index in [9.17, 15) is 14.7 Å². The topological polar surface area (TPSA) is 91.3 Å². The number of likely N-dealkylation sites (N-methyl/N-ethyl adjacent to an activating group) is 1. The van der Waals surface area contributed by atoms with Crippen molar-refractivity contribution in [3.63, 3.8) is 0 Å². The second-order valence-corrected chi connectivity index (χ2v) is 8.62. The fourth-order valence-corrected chi connectivity index (χ4v) is 5.08. The maximum atomic E-state index is 13.8. The Bertz CT molecular complexity index is 1090. The molecule has 1 saturated heterocycles. The number of β-amino-alcohol motifs (C(OH)–C–C–N with tert-alkyl or cyclic N) is 1. The lowest BCUT2D eigenvalue weighted by molar-refractivity contribution is -0.138. The first-order valence-electron chi connectivity index (χ1n) is 10.0. The van der Waals surface area contributed by atoms with Crippen molar-refractivity contribution in [2.75, 3.05) is 32.7 Å². The number of carbonyl (C=O) groups is 2. The number of hydrogen-bond donors (Lipinski definition) is 2. The van der Waals surface area contributed by atoms with Crippen LogP contribution in [-0.4, -0.2) is 66.3 Å². The number of benzene rings is 2. The molecule has 0 aromatic heterocycles. The number of para-hydroxylation sites is 1. The van der Waals surface area contributed by atoms with E-state index < -0.39 is 17.7 Å². The van der Waals surface area contributed by atoms with E-state index in [1.54, 1.807) is 55.4 Å². The maximum Gasteiger partial charge on any atom is 0.254 e. The number of halogens is 1.